The fraction of sp³-hybridized carbons (Fsp3) is 0.111. The van der Waals surface area contributed by atoms with Gasteiger partial charge in [0.25, 0.3) is 0 Å². The van der Waals surface area contributed by atoms with Gasteiger partial charge in [-0.25, -0.2) is 9.97 Å². The second-order valence-electron chi connectivity index (χ2n) is 2.89. The first-order chi connectivity index (χ1) is 6.75. The van der Waals surface area contributed by atoms with Crippen LogP contribution in [0.3, 0.4) is 0 Å². The van der Waals surface area contributed by atoms with Crippen molar-refractivity contribution in [2.24, 2.45) is 0 Å². The van der Waals surface area contributed by atoms with E-state index >= 15 is 0 Å². The van der Waals surface area contributed by atoms with Gasteiger partial charge < -0.3 is 5.73 Å². The lowest BCUT2D eigenvalue weighted by molar-refractivity contribution is 1.05. The van der Waals surface area contributed by atoms with Gasteiger partial charge in [-0.3, -0.25) is 4.98 Å². The van der Waals surface area contributed by atoms with Gasteiger partial charge in [-0.05, 0) is 24.6 Å². The van der Waals surface area contributed by atoms with Gasteiger partial charge in [0, 0.05) is 6.20 Å². The fourth-order valence-corrected chi connectivity index (χ4v) is 1.09. The van der Waals surface area contributed by atoms with Crippen molar-refractivity contribution in [3.05, 3.63) is 30.2 Å². The number of nitrogens with two attached hydrogens (primary N) is 1. The average Bonchev–Trinajstić information content (AvgIpc) is 2.18. The molecule has 0 saturated heterocycles. The van der Waals surface area contributed by atoms with Gasteiger partial charge in [0.05, 0.1) is 0 Å². The minimum Gasteiger partial charge on any atom is -0.368 e. The van der Waals surface area contributed by atoms with Crippen LogP contribution in [0.4, 0.5) is 5.95 Å². The van der Waals surface area contributed by atoms with Crippen molar-refractivity contribution in [2.75, 3.05) is 5.73 Å². The van der Waals surface area contributed by atoms with Crippen LogP contribution in [0.25, 0.3) is 11.5 Å². The summed E-state index contributed by atoms with van der Waals surface area (Å²) in [6.45, 7) is 1.98. The molecule has 2 N–H and O–H groups in total. The summed E-state index contributed by atoms with van der Waals surface area (Å²) in [7, 11) is 0. The molecule has 0 spiro atoms. The molecule has 0 aliphatic carbocycles. The maximum atomic E-state index is 5.44. The summed E-state index contributed by atoms with van der Waals surface area (Å²) in [5.74, 6) is 0.708. The van der Waals surface area contributed by atoms with Crippen molar-refractivity contribution in [3.8, 4) is 11.5 Å². The predicted molar refractivity (Wildman–Crippen MR) is 52.2 cm³/mol. The lowest BCUT2D eigenvalue weighted by Crippen LogP contribution is -1.99. The molecule has 0 aliphatic heterocycles. The summed E-state index contributed by atoms with van der Waals surface area (Å²) >= 11 is 0. The van der Waals surface area contributed by atoms with Crippen molar-refractivity contribution in [3.63, 3.8) is 0 Å². The minimum atomic E-state index is 0.207. The first-order valence-electron chi connectivity index (χ1n) is 4.13. The molecule has 0 saturated carbocycles. The Hall–Kier alpha value is -2.04. The molecule has 0 aromatic carbocycles. The van der Waals surface area contributed by atoms with E-state index in [0.29, 0.717) is 11.5 Å². The van der Waals surface area contributed by atoms with Crippen LogP contribution < -0.4 is 5.73 Å². The van der Waals surface area contributed by atoms with E-state index in [0.717, 1.165) is 5.56 Å². The standard InChI is InChI=1S/C9H9N5/c1-6-2-3-11-7(4-6)8-12-5-13-9(10)14-8/h2-5H,1H3,(H2,10,12,13,14). The highest BCUT2D eigenvalue weighted by atomic mass is 15.1. The fourth-order valence-electron chi connectivity index (χ4n) is 1.09. The third-order valence-corrected chi connectivity index (χ3v) is 1.74. The summed E-state index contributed by atoms with van der Waals surface area (Å²) in [5, 5.41) is 0. The Morgan fingerprint density at radius 3 is 2.79 bits per heavy atom. The Bertz CT molecular complexity index is 411. The van der Waals surface area contributed by atoms with E-state index in [2.05, 4.69) is 19.9 Å². The van der Waals surface area contributed by atoms with Crippen molar-refractivity contribution < 1.29 is 0 Å². The van der Waals surface area contributed by atoms with E-state index in [-0.39, 0.29) is 5.95 Å². The Labute approximate surface area is 81.1 Å². The van der Waals surface area contributed by atoms with Crippen LogP contribution in [-0.4, -0.2) is 19.9 Å². The molecule has 0 amide bonds. The second kappa shape index (κ2) is 3.37. The predicted octanol–water partition coefficient (Wildman–Crippen LogP) is 0.824. The van der Waals surface area contributed by atoms with E-state index in [1.165, 1.54) is 6.33 Å². The zero-order valence-electron chi connectivity index (χ0n) is 7.68. The van der Waals surface area contributed by atoms with Crippen LogP contribution in [0, 0.1) is 6.92 Å². The van der Waals surface area contributed by atoms with Crippen LogP contribution >= 0.6 is 0 Å². The van der Waals surface area contributed by atoms with Crippen molar-refractivity contribution in [1.29, 1.82) is 0 Å². The van der Waals surface area contributed by atoms with E-state index in [4.69, 9.17) is 5.73 Å². The number of nitrogens with zero attached hydrogens (tertiary/aromatic N) is 4. The Kier molecular flexibility index (Phi) is 2.06. The van der Waals surface area contributed by atoms with E-state index in [1.807, 2.05) is 19.1 Å². The number of aryl methyl sites for hydroxylation is 1. The lowest BCUT2D eigenvalue weighted by atomic mass is 10.2. The van der Waals surface area contributed by atoms with Gasteiger partial charge in [0.1, 0.15) is 12.0 Å². The quantitative estimate of drug-likeness (QED) is 0.715. The summed E-state index contributed by atoms with van der Waals surface area (Å²) in [4.78, 5) is 15.8. The van der Waals surface area contributed by atoms with E-state index in [9.17, 15) is 0 Å². The normalized spacial score (nSPS) is 10.1. The monoisotopic (exact) mass is 187 g/mol. The molecule has 5 heteroatoms. The molecule has 5 nitrogen and oxygen atoms in total. The molecule has 0 radical (unpaired) electrons. The highest BCUT2D eigenvalue weighted by Crippen LogP contribution is 2.11. The lowest BCUT2D eigenvalue weighted by Gasteiger charge is -1.99. The van der Waals surface area contributed by atoms with Crippen LogP contribution in [-0.2, 0) is 0 Å². The molecule has 0 atom stereocenters. The summed E-state index contributed by atoms with van der Waals surface area (Å²) < 4.78 is 0. The maximum absolute atomic E-state index is 5.44. The molecule has 0 aliphatic rings. The van der Waals surface area contributed by atoms with Crippen LogP contribution in [0.15, 0.2) is 24.7 Å². The zero-order chi connectivity index (χ0) is 9.97. The van der Waals surface area contributed by atoms with Crippen molar-refractivity contribution >= 4 is 5.95 Å². The van der Waals surface area contributed by atoms with E-state index < -0.39 is 0 Å². The van der Waals surface area contributed by atoms with Gasteiger partial charge in [0.2, 0.25) is 5.95 Å². The molecular formula is C9H9N5. The molecule has 0 fully saturated rings. The number of pyridine rings is 1. The third kappa shape index (κ3) is 1.66. The van der Waals surface area contributed by atoms with Crippen LogP contribution in [0.5, 0.6) is 0 Å². The molecule has 14 heavy (non-hydrogen) atoms. The molecule has 0 unspecified atom stereocenters. The maximum Gasteiger partial charge on any atom is 0.223 e. The molecule has 70 valence electrons. The van der Waals surface area contributed by atoms with E-state index in [1.54, 1.807) is 6.20 Å². The first kappa shape index (κ1) is 8.55. The number of rotatable bonds is 1. The number of anilines is 1. The van der Waals surface area contributed by atoms with Gasteiger partial charge in [-0.2, -0.15) is 4.98 Å². The summed E-state index contributed by atoms with van der Waals surface area (Å²) in [6.07, 6.45) is 3.09. The van der Waals surface area contributed by atoms with Crippen LogP contribution in [0.2, 0.25) is 0 Å². The number of hydrogen-bond acceptors (Lipinski definition) is 5. The highest BCUT2D eigenvalue weighted by Gasteiger charge is 2.02. The van der Waals surface area contributed by atoms with Crippen molar-refractivity contribution in [1.82, 2.24) is 19.9 Å². The third-order valence-electron chi connectivity index (χ3n) is 1.74. The minimum absolute atomic E-state index is 0.207. The molecule has 2 rings (SSSR count). The van der Waals surface area contributed by atoms with Gasteiger partial charge in [-0.15, -0.1) is 0 Å². The van der Waals surface area contributed by atoms with Gasteiger partial charge in [-0.1, -0.05) is 0 Å². The molecular weight excluding hydrogens is 178 g/mol. The smallest absolute Gasteiger partial charge is 0.223 e. The topological polar surface area (TPSA) is 77.6 Å². The SMILES string of the molecule is Cc1ccnc(-c2ncnc(N)n2)c1. The first-order valence-corrected chi connectivity index (χ1v) is 4.13. The Morgan fingerprint density at radius 1 is 1.21 bits per heavy atom. The van der Waals surface area contributed by atoms with Crippen molar-refractivity contribution in [2.45, 2.75) is 6.92 Å². The number of aromatic nitrogens is 4. The van der Waals surface area contributed by atoms with Gasteiger partial charge >= 0.3 is 0 Å². The zero-order valence-corrected chi connectivity index (χ0v) is 7.68. The summed E-state index contributed by atoms with van der Waals surface area (Å²) in [5.41, 5.74) is 7.26. The molecule has 2 aromatic heterocycles. The largest absolute Gasteiger partial charge is 0.368 e. The highest BCUT2D eigenvalue weighted by molar-refractivity contribution is 5.50. The Balaban J connectivity index is 2.49. The van der Waals surface area contributed by atoms with Gasteiger partial charge in [0.15, 0.2) is 5.82 Å². The molecule has 2 aromatic rings. The summed E-state index contributed by atoms with van der Waals surface area (Å²) in [6, 6.07) is 3.81. The molecule has 2 heterocycles. The van der Waals surface area contributed by atoms with Crippen LogP contribution in [0.1, 0.15) is 5.56 Å². The average molecular weight is 187 g/mol. The number of nitrogen functional groups attached to an aromatic ring is 1. The molecule has 0 bridgehead atoms. The Morgan fingerprint density at radius 2 is 2.07 bits per heavy atom. The number of hydrogen-bond donors (Lipinski definition) is 1. The second-order valence-corrected chi connectivity index (χ2v) is 2.89.